The number of anilines is 1. The van der Waals surface area contributed by atoms with E-state index in [0.29, 0.717) is 18.3 Å². The summed E-state index contributed by atoms with van der Waals surface area (Å²) >= 11 is 5.05. The Bertz CT molecular complexity index is 1070. The summed E-state index contributed by atoms with van der Waals surface area (Å²) in [5, 5.41) is 14.4. The molecule has 0 aliphatic carbocycles. The van der Waals surface area contributed by atoms with Gasteiger partial charge < -0.3 is 25.5 Å². The zero-order valence-corrected chi connectivity index (χ0v) is 19.5. The van der Waals surface area contributed by atoms with Gasteiger partial charge in [-0.1, -0.05) is 15.9 Å². The van der Waals surface area contributed by atoms with Gasteiger partial charge in [0.15, 0.2) is 0 Å². The molecule has 3 rings (SSSR count). The maximum Gasteiger partial charge on any atom is 0.227 e. The standard InChI is InChI=1S/C21H24BrN5O2S/c1-13-19(16-6-5-15(9-17(16)28-3)29-8-4-7-22)20-18(30-13)12-25-21(27-20)26-14(10-23)11-24-2/h5-6,9-12,23-24H,4,7-8H2,1-3H3,(H,25,26,27)/b14-11+,23-10?. The van der Waals surface area contributed by atoms with Crippen molar-refractivity contribution in [1.82, 2.24) is 15.3 Å². The predicted octanol–water partition coefficient (Wildman–Crippen LogP) is 4.96. The highest BCUT2D eigenvalue weighted by Gasteiger charge is 2.18. The molecule has 0 radical (unpaired) electrons. The average Bonchev–Trinajstić information content (AvgIpc) is 3.08. The quantitative estimate of drug-likeness (QED) is 0.211. The van der Waals surface area contributed by atoms with Gasteiger partial charge in [-0.15, -0.1) is 11.3 Å². The zero-order chi connectivity index (χ0) is 21.5. The molecule has 0 saturated carbocycles. The highest BCUT2D eigenvalue weighted by Crippen LogP contribution is 2.42. The summed E-state index contributed by atoms with van der Waals surface area (Å²) in [6.45, 7) is 2.71. The van der Waals surface area contributed by atoms with Crippen molar-refractivity contribution >= 4 is 49.6 Å². The van der Waals surface area contributed by atoms with Gasteiger partial charge in [-0.25, -0.2) is 9.97 Å². The Labute approximate surface area is 188 Å². The van der Waals surface area contributed by atoms with Crippen molar-refractivity contribution in [3.05, 3.63) is 41.2 Å². The maximum absolute atomic E-state index is 7.51. The minimum Gasteiger partial charge on any atom is -0.496 e. The molecule has 0 amide bonds. The molecule has 1 aromatic carbocycles. The smallest absolute Gasteiger partial charge is 0.227 e. The molecule has 9 heteroatoms. The van der Waals surface area contributed by atoms with Gasteiger partial charge in [-0.05, 0) is 25.5 Å². The number of benzene rings is 1. The number of alkyl halides is 1. The predicted molar refractivity (Wildman–Crippen MR) is 128 cm³/mol. The Hall–Kier alpha value is -2.65. The molecule has 7 nitrogen and oxygen atoms in total. The molecule has 3 N–H and O–H groups in total. The van der Waals surface area contributed by atoms with Crippen LogP contribution in [-0.4, -0.2) is 42.3 Å². The summed E-state index contributed by atoms with van der Waals surface area (Å²) in [7, 11) is 3.43. The van der Waals surface area contributed by atoms with Gasteiger partial charge in [0.1, 0.15) is 11.5 Å². The molecular formula is C21H24BrN5O2S. The minimum absolute atomic E-state index is 0.431. The highest BCUT2D eigenvalue weighted by molar-refractivity contribution is 9.09. The van der Waals surface area contributed by atoms with E-state index in [-0.39, 0.29) is 0 Å². The number of allylic oxidation sites excluding steroid dienone is 1. The van der Waals surface area contributed by atoms with E-state index in [1.54, 1.807) is 37.9 Å². The number of halogens is 1. The van der Waals surface area contributed by atoms with Crippen molar-refractivity contribution in [3.8, 4) is 22.6 Å². The number of aromatic nitrogens is 2. The van der Waals surface area contributed by atoms with E-state index < -0.39 is 0 Å². The van der Waals surface area contributed by atoms with Crippen LogP contribution < -0.4 is 20.1 Å². The first-order valence-electron chi connectivity index (χ1n) is 9.39. The van der Waals surface area contributed by atoms with Crippen LogP contribution in [-0.2, 0) is 0 Å². The molecule has 0 saturated heterocycles. The summed E-state index contributed by atoms with van der Waals surface area (Å²) in [4.78, 5) is 10.2. The molecule has 0 fully saturated rings. The Kier molecular flexibility index (Phi) is 7.64. The summed E-state index contributed by atoms with van der Waals surface area (Å²) in [6, 6.07) is 5.88. The first-order chi connectivity index (χ1) is 14.6. The molecule has 30 heavy (non-hydrogen) atoms. The average molecular weight is 490 g/mol. The Morgan fingerprint density at radius 3 is 2.90 bits per heavy atom. The Balaban J connectivity index is 2.02. The number of ether oxygens (including phenoxy) is 2. The number of rotatable bonds is 10. The zero-order valence-electron chi connectivity index (χ0n) is 17.1. The molecule has 0 spiro atoms. The largest absolute Gasteiger partial charge is 0.496 e. The summed E-state index contributed by atoms with van der Waals surface area (Å²) in [6.07, 6.45) is 5.63. The van der Waals surface area contributed by atoms with E-state index in [1.807, 2.05) is 18.2 Å². The number of hydrogen-bond acceptors (Lipinski definition) is 8. The van der Waals surface area contributed by atoms with Gasteiger partial charge in [0.2, 0.25) is 5.95 Å². The van der Waals surface area contributed by atoms with Crippen LogP contribution in [0.1, 0.15) is 11.3 Å². The molecule has 158 valence electrons. The SMILES string of the molecule is CN/C=C(\C=N)Nc1ncc2sc(C)c(-c3ccc(OCCCBr)cc3OC)c2n1. The summed E-state index contributed by atoms with van der Waals surface area (Å²) < 4.78 is 12.5. The second-order valence-corrected chi connectivity index (χ2v) is 8.40. The molecule has 0 aliphatic rings. The highest BCUT2D eigenvalue weighted by atomic mass is 79.9. The number of nitrogens with zero attached hydrogens (tertiary/aromatic N) is 2. The summed E-state index contributed by atoms with van der Waals surface area (Å²) in [5.74, 6) is 1.94. The van der Waals surface area contributed by atoms with Gasteiger partial charge >= 0.3 is 0 Å². The van der Waals surface area contributed by atoms with Crippen LogP contribution in [0.5, 0.6) is 11.5 Å². The Morgan fingerprint density at radius 2 is 2.20 bits per heavy atom. The molecule has 0 unspecified atom stereocenters. The molecule has 2 heterocycles. The van der Waals surface area contributed by atoms with Crippen molar-refractivity contribution in [3.63, 3.8) is 0 Å². The number of nitrogens with one attached hydrogen (secondary N) is 3. The van der Waals surface area contributed by atoms with Crippen LogP contribution in [0.2, 0.25) is 0 Å². The van der Waals surface area contributed by atoms with Gasteiger partial charge in [0.05, 0.1) is 35.8 Å². The van der Waals surface area contributed by atoms with E-state index in [1.165, 1.54) is 6.21 Å². The van der Waals surface area contributed by atoms with Gasteiger partial charge in [0.25, 0.3) is 0 Å². The molecule has 0 aliphatic heterocycles. The van der Waals surface area contributed by atoms with Gasteiger partial charge in [0, 0.05) is 46.9 Å². The number of methoxy groups -OCH3 is 1. The molecule has 2 aromatic heterocycles. The first kappa shape index (κ1) is 22.0. The van der Waals surface area contributed by atoms with E-state index in [4.69, 9.17) is 19.9 Å². The normalized spacial score (nSPS) is 11.4. The second-order valence-electron chi connectivity index (χ2n) is 6.35. The lowest BCUT2D eigenvalue weighted by Crippen LogP contribution is -2.08. The third-order valence-corrected chi connectivity index (χ3v) is 5.90. The fraction of sp³-hybridized carbons (Fsp3) is 0.286. The van der Waals surface area contributed by atoms with Crippen LogP contribution >= 0.6 is 27.3 Å². The van der Waals surface area contributed by atoms with E-state index in [9.17, 15) is 0 Å². The lowest BCUT2D eigenvalue weighted by atomic mass is 10.0. The van der Waals surface area contributed by atoms with Crippen LogP contribution in [0.15, 0.2) is 36.3 Å². The van der Waals surface area contributed by atoms with E-state index in [0.717, 1.165) is 49.5 Å². The van der Waals surface area contributed by atoms with Crippen molar-refractivity contribution < 1.29 is 9.47 Å². The van der Waals surface area contributed by atoms with Crippen LogP contribution in [0.3, 0.4) is 0 Å². The molecule has 0 bridgehead atoms. The topological polar surface area (TPSA) is 92.2 Å². The van der Waals surface area contributed by atoms with Crippen LogP contribution in [0.25, 0.3) is 21.3 Å². The molecule has 3 aromatic rings. The first-order valence-corrected chi connectivity index (χ1v) is 11.3. The lowest BCUT2D eigenvalue weighted by Gasteiger charge is -2.12. The lowest BCUT2D eigenvalue weighted by molar-refractivity contribution is 0.316. The number of hydrogen-bond donors (Lipinski definition) is 3. The number of thiophene rings is 1. The van der Waals surface area contributed by atoms with Crippen LogP contribution in [0, 0.1) is 12.3 Å². The maximum atomic E-state index is 7.51. The monoisotopic (exact) mass is 489 g/mol. The van der Waals surface area contributed by atoms with Crippen molar-refractivity contribution in [2.24, 2.45) is 0 Å². The fourth-order valence-electron chi connectivity index (χ4n) is 3.00. The van der Waals surface area contributed by atoms with Gasteiger partial charge in [-0.3, -0.25) is 0 Å². The third-order valence-electron chi connectivity index (χ3n) is 4.31. The van der Waals surface area contributed by atoms with E-state index >= 15 is 0 Å². The third kappa shape index (κ3) is 4.91. The molecular weight excluding hydrogens is 466 g/mol. The van der Waals surface area contributed by atoms with Crippen molar-refractivity contribution in [1.29, 1.82) is 5.41 Å². The summed E-state index contributed by atoms with van der Waals surface area (Å²) in [5.41, 5.74) is 3.37. The Morgan fingerprint density at radius 1 is 1.37 bits per heavy atom. The van der Waals surface area contributed by atoms with E-state index in [2.05, 4.69) is 38.5 Å². The fourth-order valence-corrected chi connectivity index (χ4v) is 4.21. The number of fused-ring (bicyclic) bond motifs is 1. The van der Waals surface area contributed by atoms with Gasteiger partial charge in [-0.2, -0.15) is 0 Å². The minimum atomic E-state index is 0.431. The molecule has 0 atom stereocenters. The van der Waals surface area contributed by atoms with Crippen molar-refractivity contribution in [2.45, 2.75) is 13.3 Å². The van der Waals surface area contributed by atoms with Crippen LogP contribution in [0.4, 0.5) is 5.95 Å². The second kappa shape index (κ2) is 10.4. The van der Waals surface area contributed by atoms with Crippen molar-refractivity contribution in [2.75, 3.05) is 31.4 Å². The number of aryl methyl sites for hydroxylation is 1.